The van der Waals surface area contributed by atoms with Gasteiger partial charge in [-0.2, -0.15) is 26.3 Å². The summed E-state index contributed by atoms with van der Waals surface area (Å²) in [5.74, 6) is -3.08. The Balaban J connectivity index is 1.39. The molecule has 0 radical (unpaired) electrons. The molecule has 0 bridgehead atoms. The van der Waals surface area contributed by atoms with Crippen LogP contribution < -0.4 is 21.1 Å². The highest BCUT2D eigenvalue weighted by Gasteiger charge is 2.51. The maximum atomic E-state index is 13.3. The monoisotopic (exact) mass is 540 g/mol. The number of hydrogen-bond donors (Lipinski definition) is 3. The van der Waals surface area contributed by atoms with Gasteiger partial charge in [-0.25, -0.2) is 10.4 Å². The summed E-state index contributed by atoms with van der Waals surface area (Å²) in [7, 11) is 0. The van der Waals surface area contributed by atoms with Gasteiger partial charge in [0.05, 0.1) is 25.2 Å². The Kier molecular flexibility index (Phi) is 9.58. The minimum Gasteiger partial charge on any atom is -0.379 e. The highest BCUT2D eigenvalue weighted by atomic mass is 19.4. The van der Waals surface area contributed by atoms with Crippen LogP contribution in [0.1, 0.15) is 25.3 Å². The number of rotatable bonds is 9. The summed E-state index contributed by atoms with van der Waals surface area (Å²) in [6.45, 7) is 3.39. The predicted molar refractivity (Wildman–Crippen MR) is 120 cm³/mol. The van der Waals surface area contributed by atoms with E-state index in [0.717, 1.165) is 12.3 Å². The number of halogens is 6. The van der Waals surface area contributed by atoms with Crippen LogP contribution in [0.4, 0.5) is 32.2 Å². The van der Waals surface area contributed by atoms with E-state index >= 15 is 0 Å². The first-order chi connectivity index (χ1) is 17.4. The first-order valence-electron chi connectivity index (χ1n) is 11.9. The average molecular weight is 541 g/mol. The van der Waals surface area contributed by atoms with Gasteiger partial charge in [-0.3, -0.25) is 15.0 Å². The Bertz CT molecular complexity index is 906. The van der Waals surface area contributed by atoms with Gasteiger partial charge in [0.25, 0.3) is 0 Å². The summed E-state index contributed by atoms with van der Waals surface area (Å²) in [5, 5.41) is 2.84. The van der Waals surface area contributed by atoms with E-state index in [1.807, 2.05) is 5.43 Å². The van der Waals surface area contributed by atoms with Crippen LogP contribution in [0.5, 0.6) is 0 Å². The van der Waals surface area contributed by atoms with Crippen LogP contribution in [-0.2, 0) is 20.5 Å². The van der Waals surface area contributed by atoms with Gasteiger partial charge < -0.3 is 19.9 Å². The second-order valence-corrected chi connectivity index (χ2v) is 8.86. The van der Waals surface area contributed by atoms with Crippen LogP contribution in [0, 0.1) is 5.92 Å². The molecule has 3 rings (SSSR count). The Hall–Kier alpha value is -2.65. The summed E-state index contributed by atoms with van der Waals surface area (Å²) in [4.78, 5) is 31.5. The fourth-order valence-corrected chi connectivity index (χ4v) is 4.21. The van der Waals surface area contributed by atoms with Gasteiger partial charge in [0.1, 0.15) is 5.82 Å². The van der Waals surface area contributed by atoms with E-state index in [0.29, 0.717) is 38.4 Å². The van der Waals surface area contributed by atoms with Crippen molar-refractivity contribution >= 4 is 17.6 Å². The second kappa shape index (κ2) is 12.3. The van der Waals surface area contributed by atoms with Gasteiger partial charge in [0, 0.05) is 51.0 Å². The lowest BCUT2D eigenvalue weighted by atomic mass is 9.95. The molecule has 2 saturated heterocycles. The van der Waals surface area contributed by atoms with Crippen molar-refractivity contribution in [1.29, 1.82) is 0 Å². The zero-order chi connectivity index (χ0) is 27.2. The van der Waals surface area contributed by atoms with Gasteiger partial charge in [-0.05, 0) is 18.6 Å². The predicted octanol–water partition coefficient (Wildman–Crippen LogP) is 1.71. The van der Waals surface area contributed by atoms with Gasteiger partial charge in [0.15, 0.2) is 5.92 Å². The van der Waals surface area contributed by atoms with Crippen LogP contribution in [-0.4, -0.2) is 85.9 Å². The fourth-order valence-electron chi connectivity index (χ4n) is 4.21. The van der Waals surface area contributed by atoms with Gasteiger partial charge in [-0.1, -0.05) is 6.92 Å². The van der Waals surface area contributed by atoms with Crippen molar-refractivity contribution in [3.63, 3.8) is 0 Å². The van der Waals surface area contributed by atoms with Crippen LogP contribution in [0.25, 0.3) is 0 Å². The lowest BCUT2D eigenvalue weighted by molar-refractivity contribution is -0.193. The average Bonchev–Trinajstić information content (AvgIpc) is 2.84. The maximum Gasteiger partial charge on any atom is 0.417 e. The molecule has 3 heterocycles. The van der Waals surface area contributed by atoms with Crippen LogP contribution in [0.3, 0.4) is 0 Å². The maximum absolute atomic E-state index is 13.3. The molecule has 15 heteroatoms. The van der Waals surface area contributed by atoms with Crippen molar-refractivity contribution in [2.24, 2.45) is 5.92 Å². The van der Waals surface area contributed by atoms with E-state index in [2.05, 4.69) is 15.7 Å². The summed E-state index contributed by atoms with van der Waals surface area (Å²) < 4.78 is 83.5. The standard InChI is InChI=1S/C22H30F6N6O3/c1-2-15(31-16-12-30-32-20(36)19(16)22(26,27)28)13-37-10-5-18(35)34-8-6-33(7-9-34)17-4-3-14(11-29-17)21(23,24)25/h3-4,11,15-16,19,30-31H,2,5-10,12-13H2,1H3,(H,32,36)/t15-,16?,19?/m0/s1. The quantitative estimate of drug-likeness (QED) is 0.324. The molecule has 3 atom stereocenters. The highest BCUT2D eigenvalue weighted by Crippen LogP contribution is 2.31. The fraction of sp³-hybridized carbons (Fsp3) is 0.682. The molecule has 2 unspecified atom stereocenters. The van der Waals surface area contributed by atoms with Crippen molar-refractivity contribution in [1.82, 2.24) is 26.1 Å². The summed E-state index contributed by atoms with van der Waals surface area (Å²) in [5.41, 5.74) is 3.63. The molecule has 2 aliphatic heterocycles. The van der Waals surface area contributed by atoms with Crippen molar-refractivity contribution < 1.29 is 40.7 Å². The highest BCUT2D eigenvalue weighted by molar-refractivity contribution is 5.80. The number of anilines is 1. The molecule has 3 N–H and O–H groups in total. The number of alkyl halides is 6. The molecule has 208 valence electrons. The zero-order valence-electron chi connectivity index (χ0n) is 20.2. The molecule has 2 amide bonds. The number of nitrogens with one attached hydrogen (secondary N) is 3. The number of hydrazine groups is 1. The minimum absolute atomic E-state index is 0.0693. The number of aromatic nitrogens is 1. The summed E-state index contributed by atoms with van der Waals surface area (Å²) in [6, 6.07) is 0.675. The first-order valence-corrected chi connectivity index (χ1v) is 11.9. The Morgan fingerprint density at radius 3 is 2.46 bits per heavy atom. The number of carbonyl (C=O) groups excluding carboxylic acids is 2. The lowest BCUT2D eigenvalue weighted by Crippen LogP contribution is -2.65. The Labute approximate surface area is 209 Å². The van der Waals surface area contributed by atoms with Crippen LogP contribution in [0.15, 0.2) is 18.3 Å². The van der Waals surface area contributed by atoms with Crippen molar-refractivity contribution in [2.75, 3.05) is 50.8 Å². The Morgan fingerprint density at radius 1 is 1.19 bits per heavy atom. The van der Waals surface area contributed by atoms with Crippen molar-refractivity contribution in [2.45, 2.75) is 44.2 Å². The van der Waals surface area contributed by atoms with Crippen LogP contribution in [0.2, 0.25) is 0 Å². The van der Waals surface area contributed by atoms with E-state index < -0.39 is 41.8 Å². The summed E-state index contributed by atoms with van der Waals surface area (Å²) >= 11 is 0. The molecule has 1 aromatic rings. The number of amides is 2. The summed E-state index contributed by atoms with van der Waals surface area (Å²) in [6.07, 6.45) is -7.83. The first kappa shape index (κ1) is 28.9. The molecule has 0 aromatic carbocycles. The van der Waals surface area contributed by atoms with Crippen molar-refractivity contribution in [3.05, 3.63) is 23.9 Å². The molecule has 37 heavy (non-hydrogen) atoms. The number of carbonyl (C=O) groups is 2. The van der Waals surface area contributed by atoms with E-state index in [1.54, 1.807) is 16.7 Å². The molecule has 0 spiro atoms. The molecule has 9 nitrogen and oxygen atoms in total. The molecular formula is C22H30F6N6O3. The SMILES string of the molecule is CC[C@@H](COCCC(=O)N1CCN(c2ccc(C(F)(F)F)cn2)CC1)NC1CNNC(=O)C1C(F)(F)F. The molecule has 2 aliphatic rings. The number of ether oxygens (including phenoxy) is 1. The third kappa shape index (κ3) is 7.92. The molecular weight excluding hydrogens is 510 g/mol. The normalized spacial score (nSPS) is 22.1. The second-order valence-electron chi connectivity index (χ2n) is 8.86. The molecule has 1 aromatic heterocycles. The van der Waals surface area contributed by atoms with Crippen LogP contribution >= 0.6 is 0 Å². The Morgan fingerprint density at radius 2 is 1.89 bits per heavy atom. The van der Waals surface area contributed by atoms with E-state index in [1.165, 1.54) is 6.07 Å². The molecule has 0 saturated carbocycles. The lowest BCUT2D eigenvalue weighted by Gasteiger charge is -2.36. The number of pyridine rings is 1. The third-order valence-corrected chi connectivity index (χ3v) is 6.32. The van der Waals surface area contributed by atoms with E-state index in [4.69, 9.17) is 4.74 Å². The van der Waals surface area contributed by atoms with Gasteiger partial charge in [0.2, 0.25) is 11.8 Å². The van der Waals surface area contributed by atoms with Crippen molar-refractivity contribution in [3.8, 4) is 0 Å². The van der Waals surface area contributed by atoms with E-state index in [9.17, 15) is 35.9 Å². The number of piperazine rings is 1. The smallest absolute Gasteiger partial charge is 0.379 e. The zero-order valence-corrected chi connectivity index (χ0v) is 20.2. The van der Waals surface area contributed by atoms with Gasteiger partial charge >= 0.3 is 12.4 Å². The number of hydrogen-bond acceptors (Lipinski definition) is 7. The largest absolute Gasteiger partial charge is 0.417 e. The van der Waals surface area contributed by atoms with E-state index in [-0.39, 0.29) is 32.1 Å². The third-order valence-electron chi connectivity index (χ3n) is 6.32. The number of nitrogens with zero attached hydrogens (tertiary/aromatic N) is 3. The molecule has 2 fully saturated rings. The minimum atomic E-state index is -4.69. The van der Waals surface area contributed by atoms with Gasteiger partial charge in [-0.15, -0.1) is 0 Å². The topological polar surface area (TPSA) is 98.8 Å². The molecule has 0 aliphatic carbocycles.